The SMILES string of the molecule is Nc1ccc(N2CCCCC2)cc1C(=O)O. The lowest BCUT2D eigenvalue weighted by Crippen LogP contribution is -2.29. The van der Waals surface area contributed by atoms with Crippen molar-refractivity contribution in [2.75, 3.05) is 23.7 Å². The van der Waals surface area contributed by atoms with Crippen LogP contribution < -0.4 is 10.6 Å². The number of nitrogens with two attached hydrogens (primary N) is 1. The number of aromatic carboxylic acids is 1. The fraction of sp³-hybridized carbons (Fsp3) is 0.417. The molecule has 4 nitrogen and oxygen atoms in total. The maximum absolute atomic E-state index is 11.0. The molecular weight excluding hydrogens is 204 g/mol. The minimum absolute atomic E-state index is 0.197. The van der Waals surface area contributed by atoms with Crippen LogP contribution in [0.4, 0.5) is 11.4 Å². The van der Waals surface area contributed by atoms with E-state index in [0.717, 1.165) is 18.8 Å². The highest BCUT2D eigenvalue weighted by Crippen LogP contribution is 2.24. The molecule has 1 aliphatic rings. The molecule has 1 fully saturated rings. The van der Waals surface area contributed by atoms with Crippen molar-refractivity contribution < 1.29 is 9.90 Å². The lowest BCUT2D eigenvalue weighted by Gasteiger charge is -2.29. The van der Waals surface area contributed by atoms with E-state index in [1.54, 1.807) is 12.1 Å². The van der Waals surface area contributed by atoms with Crippen molar-refractivity contribution in [1.82, 2.24) is 0 Å². The van der Waals surface area contributed by atoms with Crippen LogP contribution in [-0.2, 0) is 0 Å². The van der Waals surface area contributed by atoms with E-state index in [9.17, 15) is 4.79 Å². The summed E-state index contributed by atoms with van der Waals surface area (Å²) in [5.41, 5.74) is 7.11. The summed E-state index contributed by atoms with van der Waals surface area (Å²) in [6, 6.07) is 5.24. The van der Waals surface area contributed by atoms with Crippen LogP contribution >= 0.6 is 0 Å². The Hall–Kier alpha value is -1.71. The van der Waals surface area contributed by atoms with Crippen LogP contribution in [0, 0.1) is 0 Å². The third kappa shape index (κ3) is 2.10. The molecule has 1 aromatic carbocycles. The second-order valence-electron chi connectivity index (χ2n) is 4.12. The zero-order valence-corrected chi connectivity index (χ0v) is 9.15. The molecule has 4 heteroatoms. The van der Waals surface area contributed by atoms with Gasteiger partial charge in [-0.05, 0) is 37.5 Å². The Kier molecular flexibility index (Phi) is 2.99. The number of hydrogen-bond donors (Lipinski definition) is 2. The molecule has 0 aromatic heterocycles. The number of nitrogen functional groups attached to an aromatic ring is 1. The number of carboxylic acids is 1. The summed E-state index contributed by atoms with van der Waals surface area (Å²) in [4.78, 5) is 13.2. The maximum atomic E-state index is 11.0. The van der Waals surface area contributed by atoms with Gasteiger partial charge < -0.3 is 15.7 Å². The van der Waals surface area contributed by atoms with Gasteiger partial charge in [0.2, 0.25) is 0 Å². The van der Waals surface area contributed by atoms with Gasteiger partial charge in [0, 0.05) is 24.5 Å². The number of nitrogens with zero attached hydrogens (tertiary/aromatic N) is 1. The minimum atomic E-state index is -0.962. The minimum Gasteiger partial charge on any atom is -0.478 e. The molecule has 0 bridgehead atoms. The molecule has 1 heterocycles. The van der Waals surface area contributed by atoms with Crippen molar-refractivity contribution in [2.24, 2.45) is 0 Å². The average molecular weight is 220 g/mol. The number of rotatable bonds is 2. The number of hydrogen-bond acceptors (Lipinski definition) is 3. The Bertz CT molecular complexity index is 398. The molecule has 16 heavy (non-hydrogen) atoms. The largest absolute Gasteiger partial charge is 0.478 e. The molecule has 1 aromatic rings. The lowest BCUT2D eigenvalue weighted by molar-refractivity contribution is 0.0698. The summed E-state index contributed by atoms with van der Waals surface area (Å²) in [5.74, 6) is -0.962. The fourth-order valence-electron chi connectivity index (χ4n) is 2.08. The van der Waals surface area contributed by atoms with Gasteiger partial charge in [-0.3, -0.25) is 0 Å². The molecule has 0 unspecified atom stereocenters. The van der Waals surface area contributed by atoms with Gasteiger partial charge in [0.1, 0.15) is 0 Å². The lowest BCUT2D eigenvalue weighted by atomic mass is 10.1. The van der Waals surface area contributed by atoms with Crippen LogP contribution in [0.25, 0.3) is 0 Å². The molecule has 1 aliphatic heterocycles. The zero-order chi connectivity index (χ0) is 11.5. The van der Waals surface area contributed by atoms with Crippen molar-refractivity contribution in [3.05, 3.63) is 23.8 Å². The molecule has 0 spiro atoms. The summed E-state index contributed by atoms with van der Waals surface area (Å²) in [6.45, 7) is 2.01. The van der Waals surface area contributed by atoms with E-state index in [4.69, 9.17) is 10.8 Å². The normalized spacial score (nSPS) is 16.1. The Morgan fingerprint density at radius 3 is 2.56 bits per heavy atom. The van der Waals surface area contributed by atoms with E-state index >= 15 is 0 Å². The zero-order valence-electron chi connectivity index (χ0n) is 9.15. The van der Waals surface area contributed by atoms with E-state index in [2.05, 4.69) is 4.90 Å². The molecule has 86 valence electrons. The van der Waals surface area contributed by atoms with E-state index in [1.165, 1.54) is 19.3 Å². The van der Waals surface area contributed by atoms with Crippen LogP contribution in [0.2, 0.25) is 0 Å². The van der Waals surface area contributed by atoms with Gasteiger partial charge in [-0.1, -0.05) is 0 Å². The molecule has 3 N–H and O–H groups in total. The predicted molar refractivity (Wildman–Crippen MR) is 63.9 cm³/mol. The first-order chi connectivity index (χ1) is 7.68. The fourth-order valence-corrected chi connectivity index (χ4v) is 2.08. The first-order valence-electron chi connectivity index (χ1n) is 5.56. The summed E-state index contributed by atoms with van der Waals surface area (Å²) in [5, 5.41) is 8.99. The first kappa shape index (κ1) is 10.8. The highest BCUT2D eigenvalue weighted by atomic mass is 16.4. The monoisotopic (exact) mass is 220 g/mol. The number of carbonyl (C=O) groups is 1. The van der Waals surface area contributed by atoms with Crippen molar-refractivity contribution in [2.45, 2.75) is 19.3 Å². The molecular formula is C12H16N2O2. The van der Waals surface area contributed by atoms with E-state index < -0.39 is 5.97 Å². The maximum Gasteiger partial charge on any atom is 0.337 e. The topological polar surface area (TPSA) is 66.6 Å². The van der Waals surface area contributed by atoms with Gasteiger partial charge in [-0.25, -0.2) is 4.79 Å². The van der Waals surface area contributed by atoms with Gasteiger partial charge >= 0.3 is 5.97 Å². The summed E-state index contributed by atoms with van der Waals surface area (Å²) >= 11 is 0. The Balaban J connectivity index is 2.27. The van der Waals surface area contributed by atoms with Crippen molar-refractivity contribution in [1.29, 1.82) is 0 Å². The summed E-state index contributed by atoms with van der Waals surface area (Å²) < 4.78 is 0. The summed E-state index contributed by atoms with van der Waals surface area (Å²) in [7, 11) is 0. The number of anilines is 2. The van der Waals surface area contributed by atoms with Crippen molar-refractivity contribution in [3.63, 3.8) is 0 Å². The number of carboxylic acid groups (broad SMARTS) is 1. The smallest absolute Gasteiger partial charge is 0.337 e. The quantitative estimate of drug-likeness (QED) is 0.748. The predicted octanol–water partition coefficient (Wildman–Crippen LogP) is 1.96. The average Bonchev–Trinajstić information content (AvgIpc) is 2.30. The van der Waals surface area contributed by atoms with Gasteiger partial charge in [-0.2, -0.15) is 0 Å². The van der Waals surface area contributed by atoms with E-state index in [-0.39, 0.29) is 5.56 Å². The van der Waals surface area contributed by atoms with Crippen LogP contribution in [0.15, 0.2) is 18.2 Å². The standard InChI is InChI=1S/C12H16N2O2/c13-11-5-4-9(8-10(11)12(15)16)14-6-2-1-3-7-14/h4-5,8H,1-3,6-7,13H2,(H,15,16). The van der Waals surface area contributed by atoms with E-state index in [1.807, 2.05) is 6.07 Å². The molecule has 2 rings (SSSR count). The molecule has 0 amide bonds. The molecule has 1 saturated heterocycles. The van der Waals surface area contributed by atoms with Gasteiger partial charge in [0.05, 0.1) is 5.56 Å². The van der Waals surface area contributed by atoms with E-state index in [0.29, 0.717) is 5.69 Å². The Labute approximate surface area is 94.7 Å². The van der Waals surface area contributed by atoms with Crippen molar-refractivity contribution in [3.8, 4) is 0 Å². The molecule has 0 saturated carbocycles. The third-order valence-electron chi connectivity index (χ3n) is 2.99. The Morgan fingerprint density at radius 2 is 1.94 bits per heavy atom. The summed E-state index contributed by atoms with van der Waals surface area (Å²) in [6.07, 6.45) is 3.61. The van der Waals surface area contributed by atoms with Gasteiger partial charge in [0.15, 0.2) is 0 Å². The van der Waals surface area contributed by atoms with Crippen LogP contribution in [0.5, 0.6) is 0 Å². The molecule has 0 aliphatic carbocycles. The van der Waals surface area contributed by atoms with Gasteiger partial charge in [-0.15, -0.1) is 0 Å². The molecule has 0 radical (unpaired) electrons. The first-order valence-corrected chi connectivity index (χ1v) is 5.56. The Morgan fingerprint density at radius 1 is 1.25 bits per heavy atom. The highest BCUT2D eigenvalue weighted by molar-refractivity contribution is 5.94. The number of piperidine rings is 1. The van der Waals surface area contributed by atoms with Crippen LogP contribution in [-0.4, -0.2) is 24.2 Å². The van der Waals surface area contributed by atoms with Crippen molar-refractivity contribution >= 4 is 17.3 Å². The molecule has 0 atom stereocenters. The van der Waals surface area contributed by atoms with Crippen LogP contribution in [0.3, 0.4) is 0 Å². The van der Waals surface area contributed by atoms with Gasteiger partial charge in [0.25, 0.3) is 0 Å². The second-order valence-corrected chi connectivity index (χ2v) is 4.12. The second kappa shape index (κ2) is 4.43. The van der Waals surface area contributed by atoms with Crippen LogP contribution in [0.1, 0.15) is 29.6 Å². The number of benzene rings is 1. The third-order valence-corrected chi connectivity index (χ3v) is 2.99. The highest BCUT2D eigenvalue weighted by Gasteiger charge is 2.14.